The van der Waals surface area contributed by atoms with Gasteiger partial charge in [0, 0.05) is 102 Å². The van der Waals surface area contributed by atoms with Crippen molar-refractivity contribution in [3.05, 3.63) is 373 Å². The van der Waals surface area contributed by atoms with Crippen LogP contribution in [0.25, 0.3) is 0 Å². The highest BCUT2D eigenvalue weighted by Crippen LogP contribution is 2.46. The number of rotatable bonds is 28. The maximum absolute atomic E-state index is 9.98. The molecule has 14 aromatic rings. The van der Waals surface area contributed by atoms with Crippen molar-refractivity contribution < 1.29 is 39.4 Å². The molecular weight excluding hydrogens is 1330 g/mol. The maximum atomic E-state index is 9.98. The molecule has 0 heterocycles. The summed E-state index contributed by atoms with van der Waals surface area (Å²) in [4.78, 5) is 13.3. The first-order chi connectivity index (χ1) is 52.6. The average Bonchev–Trinajstić information content (AvgIpc) is 0.792. The Kier molecular flexibility index (Phi) is 22.0. The van der Waals surface area contributed by atoms with Crippen LogP contribution in [-0.2, 0) is 32.8 Å². The highest BCUT2D eigenvalue weighted by atomic mass is 16.5. The quantitative estimate of drug-likeness (QED) is 0.0370. The molecule has 14 rings (SSSR count). The van der Waals surface area contributed by atoms with Gasteiger partial charge in [-0.1, -0.05) is 72.8 Å². The number of benzene rings is 14. The largest absolute Gasteiger partial charge is 0.497 e. The lowest BCUT2D eigenvalue weighted by Gasteiger charge is -2.30. The molecule has 0 aromatic heterocycles. The first-order valence-corrected chi connectivity index (χ1v) is 35.4. The fourth-order valence-corrected chi connectivity index (χ4v) is 13.4. The van der Waals surface area contributed by atoms with E-state index in [1.807, 2.05) is 194 Å². The Bertz CT molecular complexity index is 4350. The van der Waals surface area contributed by atoms with Gasteiger partial charge in [0.2, 0.25) is 0 Å². The SMILES string of the molecule is COc1ccc(N(c2ccc(CO)cc2)c2ccc(N(c3ccc(Cc4ccc(N(c5ccc(N(c6ccc(CO)cc6)c6ccc(OC)cc6)cc5)c5ccc(N(c6ccc(CO)cc6)c6ccc(OC)cc6)cc5)cc4)cc3)c3ccc(N(c4ccc(CO)cc4)c4ccc(OC)cc4)cc3)cc2)cc1. The van der Waals surface area contributed by atoms with Gasteiger partial charge in [-0.2, -0.15) is 0 Å². The Morgan fingerprint density at radius 3 is 0.374 bits per heavy atom. The first kappa shape index (κ1) is 70.9. The van der Waals surface area contributed by atoms with Crippen LogP contribution >= 0.6 is 0 Å². The van der Waals surface area contributed by atoms with Crippen molar-refractivity contribution in [1.82, 2.24) is 0 Å². The minimum Gasteiger partial charge on any atom is -0.497 e. The molecule has 0 unspecified atom stereocenters. The molecule has 0 bridgehead atoms. The summed E-state index contributed by atoms with van der Waals surface area (Å²) in [5.41, 5.74) is 22.6. The van der Waals surface area contributed by atoms with Gasteiger partial charge in [-0.25, -0.2) is 0 Å². The fraction of sp³-hybridized carbons (Fsp3) is 0.0968. The van der Waals surface area contributed by atoms with Gasteiger partial charge in [0.05, 0.1) is 54.9 Å². The number of anilines is 18. The zero-order valence-corrected chi connectivity index (χ0v) is 60.0. The van der Waals surface area contributed by atoms with E-state index >= 15 is 0 Å². The van der Waals surface area contributed by atoms with E-state index in [1.54, 1.807) is 28.4 Å². The van der Waals surface area contributed by atoms with E-state index in [1.165, 1.54) is 0 Å². The summed E-state index contributed by atoms with van der Waals surface area (Å²) in [6.45, 7) is -0.203. The number of methoxy groups -OCH3 is 4. The molecule has 14 aromatic carbocycles. The third-order valence-corrected chi connectivity index (χ3v) is 19.1. The zero-order chi connectivity index (χ0) is 73.6. The highest BCUT2D eigenvalue weighted by molar-refractivity contribution is 5.87. The second-order valence-corrected chi connectivity index (χ2v) is 25.7. The van der Waals surface area contributed by atoms with Crippen molar-refractivity contribution in [2.75, 3.05) is 57.8 Å². The van der Waals surface area contributed by atoms with Crippen LogP contribution in [-0.4, -0.2) is 48.9 Å². The molecule has 0 saturated heterocycles. The number of hydrogen-bond acceptors (Lipinski definition) is 14. The third kappa shape index (κ3) is 16.0. The van der Waals surface area contributed by atoms with Crippen LogP contribution < -0.4 is 48.3 Å². The van der Waals surface area contributed by atoms with Gasteiger partial charge in [-0.05, 0) is 307 Å². The number of aliphatic hydroxyl groups excluding tert-OH is 4. The van der Waals surface area contributed by atoms with Crippen LogP contribution in [0.3, 0.4) is 0 Å². The number of nitrogens with zero attached hydrogens (tertiary/aromatic N) is 6. The molecule has 0 aliphatic carbocycles. The number of aliphatic hydroxyl groups is 4. The van der Waals surface area contributed by atoms with Crippen LogP contribution in [0.1, 0.15) is 33.4 Å². The van der Waals surface area contributed by atoms with Gasteiger partial charge in [-0.15, -0.1) is 0 Å². The molecule has 0 aliphatic heterocycles. The molecule has 0 spiro atoms. The first-order valence-electron chi connectivity index (χ1n) is 35.4. The van der Waals surface area contributed by atoms with Crippen LogP contribution in [0.4, 0.5) is 102 Å². The van der Waals surface area contributed by atoms with E-state index in [9.17, 15) is 20.4 Å². The van der Waals surface area contributed by atoms with Gasteiger partial charge in [0.25, 0.3) is 0 Å². The predicted molar refractivity (Wildman–Crippen MR) is 434 cm³/mol. The molecule has 0 radical (unpaired) electrons. The minimum absolute atomic E-state index is 0.0508. The van der Waals surface area contributed by atoms with Crippen molar-refractivity contribution in [2.45, 2.75) is 32.8 Å². The van der Waals surface area contributed by atoms with Crippen LogP contribution in [0.15, 0.2) is 340 Å². The normalized spacial score (nSPS) is 11.0. The summed E-state index contributed by atoms with van der Waals surface area (Å²) in [6, 6.07) is 116. The molecule has 0 amide bonds. The molecule has 14 heteroatoms. The molecule has 14 nitrogen and oxygen atoms in total. The lowest BCUT2D eigenvalue weighted by atomic mass is 10.0. The number of ether oxygens (including phenoxy) is 4. The Balaban J connectivity index is 0.803. The smallest absolute Gasteiger partial charge is 0.119 e. The maximum Gasteiger partial charge on any atom is 0.119 e. The van der Waals surface area contributed by atoms with Gasteiger partial charge in [-0.3, -0.25) is 0 Å². The van der Waals surface area contributed by atoms with Crippen molar-refractivity contribution in [2.24, 2.45) is 0 Å². The highest BCUT2D eigenvalue weighted by Gasteiger charge is 2.23. The van der Waals surface area contributed by atoms with E-state index in [-0.39, 0.29) is 26.4 Å². The molecule has 0 fully saturated rings. The van der Waals surface area contributed by atoms with Crippen molar-refractivity contribution in [1.29, 1.82) is 0 Å². The topological polar surface area (TPSA) is 137 Å². The second-order valence-electron chi connectivity index (χ2n) is 25.7. The minimum atomic E-state index is -0.0508. The van der Waals surface area contributed by atoms with E-state index in [4.69, 9.17) is 18.9 Å². The number of hydrogen-bond donors (Lipinski definition) is 4. The second kappa shape index (κ2) is 33.1. The molecule has 0 saturated carbocycles. The lowest BCUT2D eigenvalue weighted by molar-refractivity contribution is 0.281. The lowest BCUT2D eigenvalue weighted by Crippen LogP contribution is -2.13. The van der Waals surface area contributed by atoms with Crippen molar-refractivity contribution in [3.63, 3.8) is 0 Å². The summed E-state index contributed by atoms with van der Waals surface area (Å²) < 4.78 is 22.3. The fourth-order valence-electron chi connectivity index (χ4n) is 13.4. The van der Waals surface area contributed by atoms with E-state index < -0.39 is 0 Å². The Hall–Kier alpha value is -13.1. The van der Waals surface area contributed by atoms with E-state index in [2.05, 4.69) is 175 Å². The average molecular weight is 1410 g/mol. The molecule has 0 atom stereocenters. The Morgan fingerprint density at radius 1 is 0.159 bits per heavy atom. The standard InChI is InChI=1S/C93H82N6O8/c1-104-90-53-45-86(46-54-90)96(74-21-9-68(62-100)10-22-74)82-37-29-78(30-38-82)94(79-31-39-83(40-32-79)97(75-23-11-69(63-101)12-24-75)87-47-55-91(105-2)56-48-87)72-17-5-66(6-18-72)61-67-7-19-73(20-8-67)95(80-33-41-84(42-34-80)98(76-25-13-70(64-102)14-26-76)88-49-57-92(106-3)58-50-88)81-35-43-85(44-36-81)99(77-27-15-71(65-103)16-28-77)89-51-59-93(107-4)60-52-89/h5-60,100-103H,61-65H2,1-4H3. The molecule has 4 N–H and O–H groups in total. The van der Waals surface area contributed by atoms with Crippen LogP contribution in [0.2, 0.25) is 0 Å². The Labute approximate surface area is 625 Å². The summed E-state index contributed by atoms with van der Waals surface area (Å²) in [6.07, 6.45) is 0.676. The Morgan fingerprint density at radius 2 is 0.262 bits per heavy atom. The van der Waals surface area contributed by atoms with Gasteiger partial charge >= 0.3 is 0 Å². The molecular formula is C93H82N6O8. The van der Waals surface area contributed by atoms with Gasteiger partial charge in [0.1, 0.15) is 23.0 Å². The zero-order valence-electron chi connectivity index (χ0n) is 60.0. The van der Waals surface area contributed by atoms with Crippen LogP contribution in [0, 0.1) is 0 Å². The van der Waals surface area contributed by atoms with Gasteiger partial charge < -0.3 is 68.8 Å². The summed E-state index contributed by atoms with van der Waals surface area (Å²) in [7, 11) is 6.67. The summed E-state index contributed by atoms with van der Waals surface area (Å²) >= 11 is 0. The third-order valence-electron chi connectivity index (χ3n) is 19.1. The van der Waals surface area contributed by atoms with E-state index in [0.717, 1.165) is 159 Å². The summed E-state index contributed by atoms with van der Waals surface area (Å²) in [5.74, 6) is 3.03. The van der Waals surface area contributed by atoms with Crippen LogP contribution in [0.5, 0.6) is 23.0 Å². The van der Waals surface area contributed by atoms with Crippen molar-refractivity contribution in [3.8, 4) is 23.0 Å². The predicted octanol–water partition coefficient (Wildman–Crippen LogP) is 22.1. The van der Waals surface area contributed by atoms with E-state index in [0.29, 0.717) is 6.42 Å². The molecule has 0 aliphatic rings. The van der Waals surface area contributed by atoms with Crippen molar-refractivity contribution >= 4 is 102 Å². The summed E-state index contributed by atoms with van der Waals surface area (Å²) in [5, 5.41) is 39.9. The van der Waals surface area contributed by atoms with Gasteiger partial charge in [0.15, 0.2) is 0 Å². The molecule has 532 valence electrons. The monoisotopic (exact) mass is 1410 g/mol. The molecule has 107 heavy (non-hydrogen) atoms.